The highest BCUT2D eigenvalue weighted by Crippen LogP contribution is 2.34. The largest absolute Gasteiger partial charge is 0.312 e. The smallest absolute Gasteiger partial charge is 0.250 e. The predicted octanol–water partition coefficient (Wildman–Crippen LogP) is 4.36. The number of rotatable bonds is 5. The molecule has 6 nitrogen and oxygen atoms in total. The van der Waals surface area contributed by atoms with Gasteiger partial charge in [-0.15, -0.1) is 10.2 Å². The third kappa shape index (κ3) is 4.52. The predicted molar refractivity (Wildman–Crippen MR) is 115 cm³/mol. The molecule has 1 N–H and O–H groups in total. The van der Waals surface area contributed by atoms with E-state index in [1.807, 2.05) is 48.5 Å². The molecule has 1 saturated heterocycles. The Hall–Kier alpha value is -3.03. The highest BCUT2D eigenvalue weighted by molar-refractivity contribution is 7.15. The summed E-state index contributed by atoms with van der Waals surface area (Å²) in [4.78, 5) is 26.3. The lowest BCUT2D eigenvalue weighted by atomic mass is 10.1. The molecule has 0 bridgehead atoms. The van der Waals surface area contributed by atoms with Crippen LogP contribution in [0.5, 0.6) is 0 Å². The van der Waals surface area contributed by atoms with Gasteiger partial charge in [-0.1, -0.05) is 59.3 Å². The Kier molecular flexibility index (Phi) is 5.69. The Morgan fingerprint density at radius 2 is 1.90 bits per heavy atom. The maximum Gasteiger partial charge on any atom is 0.250 e. The number of hydrogen-bond donors (Lipinski definition) is 1. The maximum absolute atomic E-state index is 12.4. The number of anilines is 2. The van der Waals surface area contributed by atoms with Gasteiger partial charge in [0.25, 0.3) is 0 Å². The lowest BCUT2D eigenvalue weighted by molar-refractivity contribution is -0.117. The number of carbonyl (C=O) groups is 2. The quantitative estimate of drug-likeness (QED) is 0.617. The molecule has 2 aromatic carbocycles. The van der Waals surface area contributed by atoms with Crippen LogP contribution >= 0.6 is 22.9 Å². The number of nitrogens with zero attached hydrogens (tertiary/aromatic N) is 3. The van der Waals surface area contributed by atoms with E-state index in [1.54, 1.807) is 17.0 Å². The molecule has 0 aliphatic carbocycles. The zero-order valence-electron chi connectivity index (χ0n) is 15.3. The first-order valence-electron chi connectivity index (χ1n) is 9.02. The number of hydrogen-bond acceptors (Lipinski definition) is 5. The van der Waals surface area contributed by atoms with Gasteiger partial charge < -0.3 is 4.90 Å². The molecule has 0 spiro atoms. The fourth-order valence-electron chi connectivity index (χ4n) is 3.10. The van der Waals surface area contributed by atoms with Crippen LogP contribution in [0.15, 0.2) is 60.7 Å². The number of nitrogens with one attached hydrogen (secondary N) is 1. The first kappa shape index (κ1) is 19.3. The van der Waals surface area contributed by atoms with Crippen molar-refractivity contribution < 1.29 is 9.59 Å². The summed E-state index contributed by atoms with van der Waals surface area (Å²) in [5.74, 6) is -0.296. The van der Waals surface area contributed by atoms with Gasteiger partial charge >= 0.3 is 0 Å². The average molecular weight is 425 g/mol. The molecule has 146 valence electrons. The maximum atomic E-state index is 12.4. The third-order valence-corrected chi connectivity index (χ3v) is 5.88. The lowest BCUT2D eigenvalue weighted by Crippen LogP contribution is -2.24. The summed E-state index contributed by atoms with van der Waals surface area (Å²) >= 11 is 7.37. The number of amides is 2. The summed E-state index contributed by atoms with van der Waals surface area (Å²) < 4.78 is 0. The van der Waals surface area contributed by atoms with Gasteiger partial charge in [-0.2, -0.15) is 0 Å². The lowest BCUT2D eigenvalue weighted by Gasteiger charge is -2.15. The monoisotopic (exact) mass is 424 g/mol. The summed E-state index contributed by atoms with van der Waals surface area (Å²) in [7, 11) is 0. The molecule has 1 aliphatic rings. The van der Waals surface area contributed by atoms with Crippen LogP contribution in [-0.4, -0.2) is 28.6 Å². The number of para-hydroxylation sites is 1. The van der Waals surface area contributed by atoms with Gasteiger partial charge in [0.1, 0.15) is 5.01 Å². The van der Waals surface area contributed by atoms with Crippen LogP contribution in [0.3, 0.4) is 0 Å². The van der Waals surface area contributed by atoms with Crippen molar-refractivity contribution in [1.82, 2.24) is 10.2 Å². The topological polar surface area (TPSA) is 75.2 Å². The summed E-state index contributed by atoms with van der Waals surface area (Å²) in [6.07, 6.45) is 3.43. The molecule has 1 aliphatic heterocycles. The molecule has 3 aromatic rings. The number of benzene rings is 2. The van der Waals surface area contributed by atoms with E-state index >= 15 is 0 Å². The van der Waals surface area contributed by atoms with Crippen molar-refractivity contribution in [2.24, 2.45) is 0 Å². The highest BCUT2D eigenvalue weighted by Gasteiger charge is 2.33. The van der Waals surface area contributed by atoms with E-state index in [-0.39, 0.29) is 17.7 Å². The third-order valence-electron chi connectivity index (χ3n) is 4.53. The molecular weight excluding hydrogens is 408 g/mol. The van der Waals surface area contributed by atoms with Gasteiger partial charge in [-0.25, -0.2) is 0 Å². The second-order valence-electron chi connectivity index (χ2n) is 6.53. The molecule has 1 atom stereocenters. The molecule has 2 amide bonds. The first-order valence-corrected chi connectivity index (χ1v) is 10.2. The van der Waals surface area contributed by atoms with Crippen LogP contribution in [0.25, 0.3) is 6.08 Å². The zero-order valence-corrected chi connectivity index (χ0v) is 16.9. The van der Waals surface area contributed by atoms with Gasteiger partial charge in [-0.05, 0) is 29.8 Å². The van der Waals surface area contributed by atoms with Crippen molar-refractivity contribution in [2.45, 2.75) is 12.3 Å². The molecule has 2 heterocycles. The second kappa shape index (κ2) is 8.55. The average Bonchev–Trinajstić information content (AvgIpc) is 3.34. The van der Waals surface area contributed by atoms with Crippen molar-refractivity contribution in [3.63, 3.8) is 0 Å². The normalized spacial score (nSPS) is 16.5. The zero-order chi connectivity index (χ0) is 20.2. The van der Waals surface area contributed by atoms with Crippen molar-refractivity contribution in [2.75, 3.05) is 16.8 Å². The summed E-state index contributed by atoms with van der Waals surface area (Å²) in [6.45, 7) is 0.553. The van der Waals surface area contributed by atoms with Gasteiger partial charge in [0.15, 0.2) is 0 Å². The fraction of sp³-hybridized carbons (Fsp3) is 0.143. The molecule has 1 fully saturated rings. The van der Waals surface area contributed by atoms with E-state index in [0.29, 0.717) is 23.1 Å². The number of carbonyl (C=O) groups excluding carboxylic acids is 2. The number of halogens is 1. The minimum Gasteiger partial charge on any atom is -0.312 e. The van der Waals surface area contributed by atoms with Gasteiger partial charge in [0, 0.05) is 35.7 Å². The van der Waals surface area contributed by atoms with Gasteiger partial charge in [0.05, 0.1) is 0 Å². The van der Waals surface area contributed by atoms with Crippen molar-refractivity contribution in [1.29, 1.82) is 0 Å². The van der Waals surface area contributed by atoms with E-state index in [4.69, 9.17) is 11.6 Å². The summed E-state index contributed by atoms with van der Waals surface area (Å²) in [5, 5.41) is 12.6. The Morgan fingerprint density at radius 1 is 1.14 bits per heavy atom. The van der Waals surface area contributed by atoms with Crippen LogP contribution in [0.2, 0.25) is 5.02 Å². The van der Waals surface area contributed by atoms with Gasteiger partial charge in [-0.3, -0.25) is 14.9 Å². The van der Waals surface area contributed by atoms with E-state index in [1.165, 1.54) is 17.4 Å². The minimum absolute atomic E-state index is 0.0375. The van der Waals surface area contributed by atoms with E-state index in [0.717, 1.165) is 16.3 Å². The Morgan fingerprint density at radius 3 is 2.69 bits per heavy atom. The second-order valence-corrected chi connectivity index (χ2v) is 7.95. The Bertz CT molecular complexity index is 1070. The molecule has 0 saturated carbocycles. The molecule has 4 rings (SSSR count). The molecule has 8 heteroatoms. The Labute approximate surface area is 176 Å². The fourth-order valence-corrected chi connectivity index (χ4v) is 4.14. The molecule has 29 heavy (non-hydrogen) atoms. The number of aromatic nitrogens is 2. The van der Waals surface area contributed by atoms with Crippen molar-refractivity contribution in [3.05, 3.63) is 76.3 Å². The Balaban J connectivity index is 1.39. The standard InChI is InChI=1S/C21H17ClN4O2S/c22-17-9-5-4-6-14(17)10-11-18(27)23-21-25-24-20(29-21)15-12-19(28)26(13-15)16-7-2-1-3-8-16/h1-11,15H,12-13H2,(H,23,25,27)/b11-10+. The van der Waals surface area contributed by atoms with E-state index in [2.05, 4.69) is 15.5 Å². The van der Waals surface area contributed by atoms with Crippen LogP contribution in [0, 0.1) is 0 Å². The molecule has 1 unspecified atom stereocenters. The van der Waals surface area contributed by atoms with Gasteiger partial charge in [0.2, 0.25) is 16.9 Å². The highest BCUT2D eigenvalue weighted by atomic mass is 35.5. The van der Waals surface area contributed by atoms with Crippen molar-refractivity contribution in [3.8, 4) is 0 Å². The summed E-state index contributed by atoms with van der Waals surface area (Å²) in [6, 6.07) is 16.8. The minimum atomic E-state index is -0.318. The molecular formula is C21H17ClN4O2S. The SMILES string of the molecule is O=C(/C=C/c1ccccc1Cl)Nc1nnc(C2CC(=O)N(c3ccccc3)C2)s1. The molecule has 1 aromatic heterocycles. The first-order chi connectivity index (χ1) is 14.1. The molecule has 0 radical (unpaired) electrons. The van der Waals surface area contributed by atoms with Crippen LogP contribution < -0.4 is 10.2 Å². The van der Waals surface area contributed by atoms with Crippen LogP contribution in [0.1, 0.15) is 22.9 Å². The van der Waals surface area contributed by atoms with Crippen LogP contribution in [-0.2, 0) is 9.59 Å². The van der Waals surface area contributed by atoms with E-state index < -0.39 is 0 Å². The van der Waals surface area contributed by atoms with E-state index in [9.17, 15) is 9.59 Å². The summed E-state index contributed by atoms with van der Waals surface area (Å²) in [5.41, 5.74) is 1.63. The van der Waals surface area contributed by atoms with Crippen molar-refractivity contribution >= 4 is 51.6 Å². The van der Waals surface area contributed by atoms with Crippen LogP contribution in [0.4, 0.5) is 10.8 Å².